The van der Waals surface area contributed by atoms with E-state index in [-0.39, 0.29) is 0 Å². The van der Waals surface area contributed by atoms with Crippen LogP contribution in [0.4, 0.5) is 5.69 Å². The van der Waals surface area contributed by atoms with Crippen LogP contribution in [0.2, 0.25) is 0 Å². The third-order valence-electron chi connectivity index (χ3n) is 4.16. The molecule has 4 heteroatoms. The quantitative estimate of drug-likeness (QED) is 0.399. The number of nitrogens with one attached hydrogen (secondary N) is 1. The Balaban J connectivity index is 1.74. The number of hydrogen-bond donors (Lipinski definition) is 1. The van der Waals surface area contributed by atoms with Crippen LogP contribution in [0.5, 0.6) is 5.75 Å². The van der Waals surface area contributed by atoms with Crippen molar-refractivity contribution >= 4 is 37.5 Å². The molecule has 0 aliphatic heterocycles. The predicted molar refractivity (Wildman–Crippen MR) is 116 cm³/mol. The molecule has 0 aliphatic carbocycles. The zero-order chi connectivity index (χ0) is 18.4. The molecule has 0 amide bonds. The van der Waals surface area contributed by atoms with E-state index in [1.54, 1.807) is 0 Å². The highest BCUT2D eigenvalue weighted by atomic mass is 79.9. The number of benzene rings is 3. The minimum atomic E-state index is 0.541. The molecule has 3 aromatic carbocycles. The maximum atomic E-state index is 6.13. The molecule has 0 fully saturated rings. The fraction of sp³-hybridized carbons (Fsp3) is 0.182. The van der Waals surface area contributed by atoms with E-state index >= 15 is 0 Å². The summed E-state index contributed by atoms with van der Waals surface area (Å²) in [7, 11) is 0. The highest BCUT2D eigenvalue weighted by molar-refractivity contribution is 9.11. The van der Waals surface area contributed by atoms with Gasteiger partial charge in [-0.25, -0.2) is 0 Å². The maximum Gasteiger partial charge on any atom is 0.139 e. The Morgan fingerprint density at radius 2 is 1.62 bits per heavy atom. The summed E-state index contributed by atoms with van der Waals surface area (Å²) in [6.07, 6.45) is 1.05. The van der Waals surface area contributed by atoms with Gasteiger partial charge in [-0.3, -0.25) is 0 Å². The first-order valence-corrected chi connectivity index (χ1v) is 10.2. The molecular weight excluding hydrogens is 454 g/mol. The van der Waals surface area contributed by atoms with Gasteiger partial charge >= 0.3 is 0 Å². The molecule has 2 nitrogen and oxygen atoms in total. The molecule has 0 aromatic heterocycles. The van der Waals surface area contributed by atoms with Crippen molar-refractivity contribution in [3.8, 4) is 5.75 Å². The maximum absolute atomic E-state index is 6.13. The summed E-state index contributed by atoms with van der Waals surface area (Å²) in [5.41, 5.74) is 4.69. The van der Waals surface area contributed by atoms with E-state index in [1.807, 2.05) is 24.3 Å². The third kappa shape index (κ3) is 5.12. The Bertz CT molecular complexity index is 848. The van der Waals surface area contributed by atoms with Gasteiger partial charge in [0.15, 0.2) is 0 Å². The lowest BCUT2D eigenvalue weighted by Gasteiger charge is -2.15. The lowest BCUT2D eigenvalue weighted by Crippen LogP contribution is -2.04. The Morgan fingerprint density at radius 1 is 0.885 bits per heavy atom. The molecule has 0 bridgehead atoms. The normalized spacial score (nSPS) is 10.6. The smallest absolute Gasteiger partial charge is 0.139 e. The first kappa shape index (κ1) is 19.0. The van der Waals surface area contributed by atoms with Crippen molar-refractivity contribution in [2.45, 2.75) is 26.5 Å². The average Bonchev–Trinajstić information content (AvgIpc) is 2.66. The van der Waals surface area contributed by atoms with E-state index < -0.39 is 0 Å². The van der Waals surface area contributed by atoms with Crippen molar-refractivity contribution in [2.24, 2.45) is 0 Å². The summed E-state index contributed by atoms with van der Waals surface area (Å²) in [4.78, 5) is 0. The second-order valence-corrected chi connectivity index (χ2v) is 7.82. The molecule has 1 N–H and O–H groups in total. The molecule has 134 valence electrons. The van der Waals surface area contributed by atoms with Crippen LogP contribution in [0.25, 0.3) is 0 Å². The van der Waals surface area contributed by atoms with Crippen molar-refractivity contribution in [1.29, 1.82) is 0 Å². The van der Waals surface area contributed by atoms with Gasteiger partial charge in [0.05, 0.1) is 4.47 Å². The van der Waals surface area contributed by atoms with Gasteiger partial charge < -0.3 is 10.1 Å². The van der Waals surface area contributed by atoms with E-state index in [1.165, 1.54) is 5.56 Å². The molecule has 0 spiro atoms. The van der Waals surface area contributed by atoms with Gasteiger partial charge in [-0.05, 0) is 57.7 Å². The van der Waals surface area contributed by atoms with Crippen LogP contribution >= 0.6 is 31.9 Å². The van der Waals surface area contributed by atoms with E-state index in [9.17, 15) is 0 Å². The molecular formula is C22H21Br2NO. The summed E-state index contributed by atoms with van der Waals surface area (Å²) >= 11 is 7.21. The minimum Gasteiger partial charge on any atom is -0.487 e. The van der Waals surface area contributed by atoms with Gasteiger partial charge in [-0.2, -0.15) is 0 Å². The van der Waals surface area contributed by atoms with E-state index in [0.717, 1.165) is 37.9 Å². The lowest BCUT2D eigenvalue weighted by molar-refractivity contribution is 0.301. The highest BCUT2D eigenvalue weighted by Crippen LogP contribution is 2.34. The van der Waals surface area contributed by atoms with Crippen LogP contribution in [0.3, 0.4) is 0 Å². The van der Waals surface area contributed by atoms with Crippen LogP contribution in [-0.4, -0.2) is 0 Å². The van der Waals surface area contributed by atoms with Gasteiger partial charge in [0, 0.05) is 22.3 Å². The lowest BCUT2D eigenvalue weighted by atomic mass is 10.1. The summed E-state index contributed by atoms with van der Waals surface area (Å²) in [5, 5.41) is 3.48. The fourth-order valence-electron chi connectivity index (χ4n) is 2.69. The van der Waals surface area contributed by atoms with E-state index in [0.29, 0.717) is 13.2 Å². The molecule has 3 aromatic rings. The predicted octanol–water partition coefficient (Wildman–Crippen LogP) is 6.97. The number of hydrogen-bond acceptors (Lipinski definition) is 2. The average molecular weight is 475 g/mol. The molecule has 0 heterocycles. The molecule has 0 saturated carbocycles. The van der Waals surface area contributed by atoms with Crippen molar-refractivity contribution in [3.05, 3.63) is 92.4 Å². The molecule has 0 saturated heterocycles. The molecule has 0 radical (unpaired) electrons. The van der Waals surface area contributed by atoms with Gasteiger partial charge in [-0.15, -0.1) is 0 Å². The van der Waals surface area contributed by atoms with Gasteiger partial charge in [0.25, 0.3) is 0 Å². The Kier molecular flexibility index (Phi) is 6.75. The topological polar surface area (TPSA) is 21.3 Å². The minimum absolute atomic E-state index is 0.541. The Hall–Kier alpha value is -1.78. The molecule has 0 atom stereocenters. The molecule has 0 unspecified atom stereocenters. The SMILES string of the molecule is CCc1ccc(NCc2cc(Br)cc(Br)c2OCc2ccccc2)cc1. The number of rotatable bonds is 7. The number of ether oxygens (including phenoxy) is 1. The second kappa shape index (κ2) is 9.24. The zero-order valence-corrected chi connectivity index (χ0v) is 17.8. The molecule has 3 rings (SSSR count). The van der Waals surface area contributed by atoms with Crippen molar-refractivity contribution < 1.29 is 4.74 Å². The third-order valence-corrected chi connectivity index (χ3v) is 5.20. The highest BCUT2D eigenvalue weighted by Gasteiger charge is 2.11. The number of aryl methyl sites for hydroxylation is 1. The van der Waals surface area contributed by atoms with Crippen LogP contribution < -0.4 is 10.1 Å². The summed E-state index contributed by atoms with van der Waals surface area (Å²) in [6.45, 7) is 3.39. The zero-order valence-electron chi connectivity index (χ0n) is 14.6. The fourth-order valence-corrected chi connectivity index (χ4v) is 4.12. The summed E-state index contributed by atoms with van der Waals surface area (Å²) in [5.74, 6) is 0.870. The van der Waals surface area contributed by atoms with Gasteiger partial charge in [0.1, 0.15) is 12.4 Å². The van der Waals surface area contributed by atoms with E-state index in [4.69, 9.17) is 4.74 Å². The number of halogens is 2. The first-order valence-electron chi connectivity index (χ1n) is 8.63. The van der Waals surface area contributed by atoms with Crippen LogP contribution in [0.15, 0.2) is 75.7 Å². The van der Waals surface area contributed by atoms with Crippen molar-refractivity contribution in [3.63, 3.8) is 0 Å². The van der Waals surface area contributed by atoms with Crippen LogP contribution in [-0.2, 0) is 19.6 Å². The Morgan fingerprint density at radius 3 is 2.31 bits per heavy atom. The van der Waals surface area contributed by atoms with Crippen molar-refractivity contribution in [2.75, 3.05) is 5.32 Å². The van der Waals surface area contributed by atoms with Gasteiger partial charge in [-0.1, -0.05) is 65.3 Å². The standard InChI is InChI=1S/C22H21Br2NO/c1-2-16-8-10-20(11-9-16)25-14-18-12-19(23)13-21(24)22(18)26-15-17-6-4-3-5-7-17/h3-13,25H,2,14-15H2,1H3. The molecule has 0 aliphatic rings. The van der Waals surface area contributed by atoms with Crippen LogP contribution in [0, 0.1) is 0 Å². The van der Waals surface area contributed by atoms with Gasteiger partial charge in [0.2, 0.25) is 0 Å². The summed E-state index contributed by atoms with van der Waals surface area (Å²) < 4.78 is 8.09. The first-order chi connectivity index (χ1) is 12.7. The van der Waals surface area contributed by atoms with E-state index in [2.05, 4.69) is 86.6 Å². The van der Waals surface area contributed by atoms with Crippen molar-refractivity contribution in [1.82, 2.24) is 0 Å². The number of anilines is 1. The van der Waals surface area contributed by atoms with Crippen LogP contribution in [0.1, 0.15) is 23.6 Å². The Labute approximate surface area is 171 Å². The monoisotopic (exact) mass is 473 g/mol. The largest absolute Gasteiger partial charge is 0.487 e. The summed E-state index contributed by atoms with van der Waals surface area (Å²) in [6, 6.07) is 22.9. The molecule has 26 heavy (non-hydrogen) atoms. The second-order valence-electron chi connectivity index (χ2n) is 6.05.